The zero-order chi connectivity index (χ0) is 19.6. The second-order valence-electron chi connectivity index (χ2n) is 6.37. The highest BCUT2D eigenvalue weighted by molar-refractivity contribution is 5.97. The molecule has 0 aromatic heterocycles. The number of hydrogen-bond acceptors (Lipinski definition) is 3. The summed E-state index contributed by atoms with van der Waals surface area (Å²) in [5.74, 6) is -0.774. The average molecular weight is 367 g/mol. The van der Waals surface area contributed by atoms with Crippen molar-refractivity contribution in [2.75, 3.05) is 6.54 Å². The maximum Gasteiger partial charge on any atom is 0.251 e. The van der Waals surface area contributed by atoms with E-state index in [4.69, 9.17) is 0 Å². The molecule has 6 nitrogen and oxygen atoms in total. The Morgan fingerprint density at radius 3 is 2.41 bits per heavy atom. The molecule has 0 aliphatic carbocycles. The van der Waals surface area contributed by atoms with Gasteiger partial charge in [0.15, 0.2) is 0 Å². The maximum atomic E-state index is 12.2. The topological polar surface area (TPSA) is 87.3 Å². The summed E-state index contributed by atoms with van der Waals surface area (Å²) >= 11 is 0. The summed E-state index contributed by atoms with van der Waals surface area (Å²) in [4.78, 5) is 36.1. The average Bonchev–Trinajstić information content (AvgIpc) is 2.67. The Morgan fingerprint density at radius 2 is 1.70 bits per heavy atom. The zero-order valence-electron chi connectivity index (χ0n) is 15.6. The van der Waals surface area contributed by atoms with Gasteiger partial charge in [-0.25, -0.2) is 0 Å². The molecule has 0 fully saturated rings. The fourth-order valence-electron chi connectivity index (χ4n) is 2.47. The second-order valence-corrected chi connectivity index (χ2v) is 6.37. The van der Waals surface area contributed by atoms with Crippen LogP contribution in [-0.2, 0) is 16.1 Å². The Hall–Kier alpha value is -3.15. The summed E-state index contributed by atoms with van der Waals surface area (Å²) in [6.07, 6.45) is 0.178. The zero-order valence-corrected chi connectivity index (χ0v) is 15.6. The first-order valence-corrected chi connectivity index (χ1v) is 8.91. The molecular formula is C21H25N3O3. The lowest BCUT2D eigenvalue weighted by Gasteiger charge is -2.14. The number of aryl methyl sites for hydroxylation is 1. The van der Waals surface area contributed by atoms with Crippen LogP contribution in [0, 0.1) is 6.92 Å². The summed E-state index contributed by atoms with van der Waals surface area (Å²) in [7, 11) is 0. The molecule has 0 aliphatic heterocycles. The van der Waals surface area contributed by atoms with Gasteiger partial charge in [-0.1, -0.05) is 48.0 Å². The molecule has 3 amide bonds. The fourth-order valence-corrected chi connectivity index (χ4v) is 2.47. The van der Waals surface area contributed by atoms with Crippen molar-refractivity contribution in [1.29, 1.82) is 0 Å². The minimum absolute atomic E-state index is 0.143. The minimum atomic E-state index is -0.689. The molecule has 0 saturated heterocycles. The third-order valence-electron chi connectivity index (χ3n) is 4.00. The van der Waals surface area contributed by atoms with Gasteiger partial charge in [0, 0.05) is 25.1 Å². The van der Waals surface area contributed by atoms with Crippen molar-refractivity contribution in [2.24, 2.45) is 0 Å². The van der Waals surface area contributed by atoms with Gasteiger partial charge in [0.1, 0.15) is 6.04 Å². The highest BCUT2D eigenvalue weighted by atomic mass is 16.2. The Bertz CT molecular complexity index is 790. The predicted octanol–water partition coefficient (Wildman–Crippen LogP) is 1.94. The lowest BCUT2D eigenvalue weighted by Crippen LogP contribution is -2.45. The molecule has 0 heterocycles. The number of rotatable bonds is 8. The Kier molecular flexibility index (Phi) is 7.55. The van der Waals surface area contributed by atoms with Gasteiger partial charge in [0.2, 0.25) is 11.8 Å². The number of carbonyl (C=O) groups is 3. The first-order valence-electron chi connectivity index (χ1n) is 8.91. The summed E-state index contributed by atoms with van der Waals surface area (Å²) in [5, 5.41) is 8.12. The van der Waals surface area contributed by atoms with E-state index in [2.05, 4.69) is 16.0 Å². The standard InChI is InChI=1S/C21H25N3O3/c1-15-7-6-10-18(13-15)21(27)24-16(2)20(26)22-12-11-19(25)23-14-17-8-4-3-5-9-17/h3-10,13,16H,11-12,14H2,1-2H3,(H,22,26)(H,23,25)(H,24,27). The van der Waals surface area contributed by atoms with Crippen molar-refractivity contribution < 1.29 is 14.4 Å². The number of amides is 3. The minimum Gasteiger partial charge on any atom is -0.354 e. The van der Waals surface area contributed by atoms with Gasteiger partial charge >= 0.3 is 0 Å². The quantitative estimate of drug-likeness (QED) is 0.666. The molecule has 0 saturated carbocycles. The highest BCUT2D eigenvalue weighted by Gasteiger charge is 2.16. The number of hydrogen-bond donors (Lipinski definition) is 3. The molecule has 0 aliphatic rings. The molecule has 1 atom stereocenters. The van der Waals surface area contributed by atoms with Crippen LogP contribution in [0.5, 0.6) is 0 Å². The van der Waals surface area contributed by atoms with Crippen LogP contribution >= 0.6 is 0 Å². The third-order valence-corrected chi connectivity index (χ3v) is 4.00. The molecule has 142 valence electrons. The van der Waals surface area contributed by atoms with Gasteiger partial charge in [-0.2, -0.15) is 0 Å². The molecule has 6 heteroatoms. The Labute approximate surface area is 159 Å². The Morgan fingerprint density at radius 1 is 0.963 bits per heavy atom. The normalized spacial score (nSPS) is 11.3. The lowest BCUT2D eigenvalue weighted by atomic mass is 10.1. The van der Waals surface area contributed by atoms with Crippen molar-refractivity contribution in [1.82, 2.24) is 16.0 Å². The number of benzene rings is 2. The summed E-state index contributed by atoms with van der Waals surface area (Å²) in [6, 6.07) is 16.1. The Balaban J connectivity index is 1.68. The van der Waals surface area contributed by atoms with Crippen LogP contribution < -0.4 is 16.0 Å². The monoisotopic (exact) mass is 367 g/mol. The van der Waals surface area contributed by atoms with E-state index >= 15 is 0 Å². The van der Waals surface area contributed by atoms with Crippen LogP contribution in [0.4, 0.5) is 0 Å². The SMILES string of the molecule is Cc1cccc(C(=O)NC(C)C(=O)NCCC(=O)NCc2ccccc2)c1. The van der Waals surface area contributed by atoms with Gasteiger partial charge < -0.3 is 16.0 Å². The van der Waals surface area contributed by atoms with E-state index in [1.54, 1.807) is 25.1 Å². The number of nitrogens with one attached hydrogen (secondary N) is 3. The maximum absolute atomic E-state index is 12.2. The van der Waals surface area contributed by atoms with E-state index in [1.165, 1.54) is 0 Å². The molecule has 2 aromatic carbocycles. The van der Waals surface area contributed by atoms with Gasteiger partial charge in [-0.05, 0) is 31.5 Å². The predicted molar refractivity (Wildman–Crippen MR) is 104 cm³/mol. The molecule has 1 unspecified atom stereocenters. The van der Waals surface area contributed by atoms with Crippen molar-refractivity contribution in [2.45, 2.75) is 32.9 Å². The lowest BCUT2D eigenvalue weighted by molar-refractivity contribution is -0.123. The summed E-state index contributed by atoms with van der Waals surface area (Å²) in [5.41, 5.74) is 2.50. The van der Waals surface area contributed by atoms with E-state index in [9.17, 15) is 14.4 Å². The smallest absolute Gasteiger partial charge is 0.251 e. The molecular weight excluding hydrogens is 342 g/mol. The third kappa shape index (κ3) is 6.93. The van der Waals surface area contributed by atoms with Crippen LogP contribution in [0.3, 0.4) is 0 Å². The number of carbonyl (C=O) groups excluding carboxylic acids is 3. The summed E-state index contributed by atoms with van der Waals surface area (Å²) < 4.78 is 0. The molecule has 27 heavy (non-hydrogen) atoms. The van der Waals surface area contributed by atoms with E-state index in [0.717, 1.165) is 11.1 Å². The van der Waals surface area contributed by atoms with Crippen molar-refractivity contribution >= 4 is 17.7 Å². The largest absolute Gasteiger partial charge is 0.354 e. The van der Waals surface area contributed by atoms with Crippen molar-refractivity contribution in [3.63, 3.8) is 0 Å². The van der Waals surface area contributed by atoms with Crippen LogP contribution in [0.2, 0.25) is 0 Å². The van der Waals surface area contributed by atoms with E-state index < -0.39 is 6.04 Å². The van der Waals surface area contributed by atoms with E-state index in [1.807, 2.05) is 43.3 Å². The van der Waals surface area contributed by atoms with Gasteiger partial charge in [0.25, 0.3) is 5.91 Å². The molecule has 0 bridgehead atoms. The van der Waals surface area contributed by atoms with Crippen molar-refractivity contribution in [3.05, 3.63) is 71.3 Å². The van der Waals surface area contributed by atoms with Crippen LogP contribution in [0.25, 0.3) is 0 Å². The van der Waals surface area contributed by atoms with Crippen LogP contribution in [0.1, 0.15) is 34.8 Å². The molecule has 0 radical (unpaired) electrons. The second kappa shape index (κ2) is 10.1. The molecule has 2 aromatic rings. The first kappa shape index (κ1) is 20.2. The molecule has 0 spiro atoms. The molecule has 2 rings (SSSR count). The fraction of sp³-hybridized carbons (Fsp3) is 0.286. The highest BCUT2D eigenvalue weighted by Crippen LogP contribution is 2.04. The van der Waals surface area contributed by atoms with E-state index in [-0.39, 0.29) is 30.7 Å². The first-order chi connectivity index (χ1) is 13.0. The summed E-state index contributed by atoms with van der Waals surface area (Å²) in [6.45, 7) is 4.18. The van der Waals surface area contributed by atoms with Crippen LogP contribution in [-0.4, -0.2) is 30.3 Å². The van der Waals surface area contributed by atoms with Crippen molar-refractivity contribution in [3.8, 4) is 0 Å². The van der Waals surface area contributed by atoms with Crippen LogP contribution in [0.15, 0.2) is 54.6 Å². The van der Waals surface area contributed by atoms with Gasteiger partial charge in [-0.3, -0.25) is 14.4 Å². The van der Waals surface area contributed by atoms with Gasteiger partial charge in [-0.15, -0.1) is 0 Å². The van der Waals surface area contributed by atoms with Gasteiger partial charge in [0.05, 0.1) is 0 Å². The van der Waals surface area contributed by atoms with E-state index in [0.29, 0.717) is 12.1 Å². The molecule has 3 N–H and O–H groups in total.